The average Bonchev–Trinajstić information content (AvgIpc) is 2.77. The number of carbonyl (C=O) groups is 1. The van der Waals surface area contributed by atoms with Gasteiger partial charge >= 0.3 is 0 Å². The van der Waals surface area contributed by atoms with Gasteiger partial charge in [-0.3, -0.25) is 4.79 Å². The zero-order valence-corrected chi connectivity index (χ0v) is 16.1. The monoisotopic (exact) mass is 384 g/mol. The van der Waals surface area contributed by atoms with E-state index in [2.05, 4.69) is 4.90 Å². The van der Waals surface area contributed by atoms with Crippen molar-refractivity contribution in [2.75, 3.05) is 58.5 Å². The minimum Gasteiger partial charge on any atom is -0.495 e. The third-order valence-corrected chi connectivity index (χ3v) is 5.07. The van der Waals surface area contributed by atoms with E-state index in [0.717, 1.165) is 24.5 Å². The Morgan fingerprint density at radius 2 is 1.64 bits per heavy atom. The van der Waals surface area contributed by atoms with Gasteiger partial charge in [0.1, 0.15) is 19.0 Å². The number of anilines is 1. The van der Waals surface area contributed by atoms with Gasteiger partial charge in [-0.2, -0.15) is 0 Å². The van der Waals surface area contributed by atoms with Crippen molar-refractivity contribution in [2.45, 2.75) is 0 Å². The van der Waals surface area contributed by atoms with E-state index in [-0.39, 0.29) is 5.91 Å². The minimum atomic E-state index is -0.0325. The van der Waals surface area contributed by atoms with E-state index in [4.69, 9.17) is 18.9 Å². The summed E-state index contributed by atoms with van der Waals surface area (Å²) in [6.07, 6.45) is 0. The highest BCUT2D eigenvalue weighted by Gasteiger charge is 2.26. The van der Waals surface area contributed by atoms with Crippen molar-refractivity contribution in [3.8, 4) is 23.0 Å². The molecule has 28 heavy (non-hydrogen) atoms. The van der Waals surface area contributed by atoms with Crippen molar-refractivity contribution in [1.82, 2.24) is 4.90 Å². The molecule has 0 bridgehead atoms. The van der Waals surface area contributed by atoms with Crippen LogP contribution in [0.2, 0.25) is 0 Å². The van der Waals surface area contributed by atoms with E-state index in [1.54, 1.807) is 26.4 Å². The van der Waals surface area contributed by atoms with Gasteiger partial charge in [-0.1, -0.05) is 12.1 Å². The number of fused-ring (bicyclic) bond motifs is 1. The van der Waals surface area contributed by atoms with Crippen LogP contribution >= 0.6 is 0 Å². The quantitative estimate of drug-likeness (QED) is 0.807. The third kappa shape index (κ3) is 3.40. The summed E-state index contributed by atoms with van der Waals surface area (Å²) in [6.45, 7) is 3.69. The lowest BCUT2D eigenvalue weighted by Gasteiger charge is -2.36. The Bertz CT molecular complexity index is 845. The predicted molar refractivity (Wildman–Crippen MR) is 105 cm³/mol. The normalized spacial score (nSPS) is 15.9. The van der Waals surface area contributed by atoms with Gasteiger partial charge in [-0.05, 0) is 24.3 Å². The van der Waals surface area contributed by atoms with Gasteiger partial charge in [-0.15, -0.1) is 0 Å². The van der Waals surface area contributed by atoms with E-state index in [1.165, 1.54) is 0 Å². The second-order valence-corrected chi connectivity index (χ2v) is 6.65. The van der Waals surface area contributed by atoms with Crippen LogP contribution in [0.1, 0.15) is 10.4 Å². The van der Waals surface area contributed by atoms with Crippen LogP contribution in [0.15, 0.2) is 36.4 Å². The number of rotatable bonds is 4. The van der Waals surface area contributed by atoms with Crippen molar-refractivity contribution in [3.63, 3.8) is 0 Å². The molecule has 7 nitrogen and oxygen atoms in total. The van der Waals surface area contributed by atoms with Gasteiger partial charge in [-0.25, -0.2) is 0 Å². The maximum absolute atomic E-state index is 13.1. The Labute approximate surface area is 164 Å². The molecule has 0 N–H and O–H groups in total. The summed E-state index contributed by atoms with van der Waals surface area (Å²) in [5.41, 5.74) is 1.60. The zero-order chi connectivity index (χ0) is 19.5. The number of para-hydroxylation sites is 2. The van der Waals surface area contributed by atoms with Crippen molar-refractivity contribution < 1.29 is 23.7 Å². The maximum atomic E-state index is 13.1. The molecule has 1 saturated heterocycles. The van der Waals surface area contributed by atoms with E-state index in [1.807, 2.05) is 29.2 Å². The molecule has 2 aliphatic heterocycles. The molecule has 0 unspecified atom stereocenters. The predicted octanol–water partition coefficient (Wildman–Crippen LogP) is 2.44. The van der Waals surface area contributed by atoms with Crippen molar-refractivity contribution >= 4 is 11.6 Å². The average molecular weight is 384 g/mol. The maximum Gasteiger partial charge on any atom is 0.254 e. The van der Waals surface area contributed by atoms with Crippen molar-refractivity contribution in [1.29, 1.82) is 0 Å². The topological polar surface area (TPSA) is 60.5 Å². The number of nitrogens with zero attached hydrogens (tertiary/aromatic N) is 2. The Morgan fingerprint density at radius 1 is 0.929 bits per heavy atom. The van der Waals surface area contributed by atoms with E-state index in [9.17, 15) is 4.79 Å². The molecule has 148 valence electrons. The number of ether oxygens (including phenoxy) is 4. The number of benzene rings is 2. The molecule has 2 aromatic rings. The third-order valence-electron chi connectivity index (χ3n) is 5.07. The van der Waals surface area contributed by atoms with Crippen LogP contribution < -0.4 is 23.8 Å². The fourth-order valence-electron chi connectivity index (χ4n) is 3.62. The molecule has 0 aromatic heterocycles. The van der Waals surface area contributed by atoms with Crippen molar-refractivity contribution in [3.05, 3.63) is 42.0 Å². The lowest BCUT2D eigenvalue weighted by atomic mass is 10.1. The van der Waals surface area contributed by atoms with Crippen molar-refractivity contribution in [2.24, 2.45) is 0 Å². The molecule has 2 heterocycles. The second-order valence-electron chi connectivity index (χ2n) is 6.65. The van der Waals surface area contributed by atoms with Gasteiger partial charge in [0.25, 0.3) is 5.91 Å². The molecule has 0 radical (unpaired) electrons. The van der Waals surface area contributed by atoms with Crippen LogP contribution in [0.3, 0.4) is 0 Å². The lowest BCUT2D eigenvalue weighted by Crippen LogP contribution is -2.48. The molecule has 1 amide bonds. The first-order valence-electron chi connectivity index (χ1n) is 9.36. The van der Waals surface area contributed by atoms with Crippen LogP contribution in [-0.2, 0) is 0 Å². The first-order chi connectivity index (χ1) is 13.7. The molecular formula is C21H24N2O5. The van der Waals surface area contributed by atoms with Crippen LogP contribution in [0.5, 0.6) is 23.0 Å². The largest absolute Gasteiger partial charge is 0.495 e. The summed E-state index contributed by atoms with van der Waals surface area (Å²) in [7, 11) is 3.24. The molecule has 0 saturated carbocycles. The highest BCUT2D eigenvalue weighted by atomic mass is 16.6. The Kier molecular flexibility index (Phi) is 5.14. The van der Waals surface area contributed by atoms with E-state index < -0.39 is 0 Å². The molecule has 7 heteroatoms. The number of hydrogen-bond acceptors (Lipinski definition) is 6. The van der Waals surface area contributed by atoms with E-state index in [0.29, 0.717) is 49.1 Å². The molecule has 0 atom stereocenters. The van der Waals surface area contributed by atoms with Gasteiger partial charge in [0.15, 0.2) is 11.5 Å². The standard InChI is InChI=1S/C21H24N2O5/c1-25-17-6-4-3-5-16(17)22-7-9-23(10-8-22)21(24)15-13-18(26-2)20-19(14-15)27-11-12-28-20/h3-6,13-14H,7-12H2,1-2H3. The smallest absolute Gasteiger partial charge is 0.254 e. The van der Waals surface area contributed by atoms with Gasteiger partial charge < -0.3 is 28.7 Å². The number of hydrogen-bond donors (Lipinski definition) is 0. The van der Waals surface area contributed by atoms with Gasteiger partial charge in [0, 0.05) is 31.7 Å². The zero-order valence-electron chi connectivity index (χ0n) is 16.1. The molecule has 4 rings (SSSR count). The molecule has 2 aliphatic rings. The van der Waals surface area contributed by atoms with Crippen LogP contribution in [0.25, 0.3) is 0 Å². The fraction of sp³-hybridized carbons (Fsp3) is 0.381. The summed E-state index contributed by atoms with van der Waals surface area (Å²) in [5, 5.41) is 0. The van der Waals surface area contributed by atoms with Crippen LogP contribution in [0.4, 0.5) is 5.69 Å². The number of carbonyl (C=O) groups excluding carboxylic acids is 1. The van der Waals surface area contributed by atoms with E-state index >= 15 is 0 Å². The summed E-state index contributed by atoms with van der Waals surface area (Å²) in [4.78, 5) is 17.2. The minimum absolute atomic E-state index is 0.0325. The number of piperazine rings is 1. The van der Waals surface area contributed by atoms with Crippen LogP contribution in [-0.4, -0.2) is 64.4 Å². The molecule has 2 aromatic carbocycles. The molecule has 1 fully saturated rings. The SMILES string of the molecule is COc1ccccc1N1CCN(C(=O)c2cc(OC)c3c(c2)OCCO3)CC1. The second kappa shape index (κ2) is 7.88. The number of amides is 1. The lowest BCUT2D eigenvalue weighted by molar-refractivity contribution is 0.0745. The Balaban J connectivity index is 1.48. The Morgan fingerprint density at radius 3 is 2.39 bits per heavy atom. The summed E-state index contributed by atoms with van der Waals surface area (Å²) >= 11 is 0. The molecular weight excluding hydrogens is 360 g/mol. The first kappa shape index (κ1) is 18.3. The Hall–Kier alpha value is -3.09. The van der Waals surface area contributed by atoms with Gasteiger partial charge in [0.05, 0.1) is 19.9 Å². The van der Waals surface area contributed by atoms with Gasteiger partial charge in [0.2, 0.25) is 5.75 Å². The summed E-state index contributed by atoms with van der Waals surface area (Å²) in [5.74, 6) is 2.45. The molecule has 0 aliphatic carbocycles. The highest BCUT2D eigenvalue weighted by molar-refractivity contribution is 5.96. The number of methoxy groups -OCH3 is 2. The first-order valence-corrected chi connectivity index (χ1v) is 9.36. The summed E-state index contributed by atoms with van der Waals surface area (Å²) in [6, 6.07) is 11.4. The highest BCUT2D eigenvalue weighted by Crippen LogP contribution is 2.40. The fourth-order valence-corrected chi connectivity index (χ4v) is 3.62. The van der Waals surface area contributed by atoms with Crippen LogP contribution in [0, 0.1) is 0 Å². The molecule has 0 spiro atoms. The summed E-state index contributed by atoms with van der Waals surface area (Å²) < 4.78 is 22.1.